The molecule has 0 aliphatic carbocycles. The summed E-state index contributed by atoms with van der Waals surface area (Å²) in [7, 11) is 1.82. The number of hydrogen-bond donors (Lipinski definition) is 2. The molecule has 2 rings (SSSR count). The van der Waals surface area contributed by atoms with Gasteiger partial charge in [-0.15, -0.1) is 10.2 Å². The zero-order chi connectivity index (χ0) is 17.9. The summed E-state index contributed by atoms with van der Waals surface area (Å²) >= 11 is 0. The van der Waals surface area contributed by atoms with Crippen LogP contribution in [0, 0.1) is 0 Å². The molecule has 0 aliphatic rings. The molecule has 138 valence electrons. The number of pyridine rings is 1. The van der Waals surface area contributed by atoms with E-state index in [4.69, 9.17) is 0 Å². The third kappa shape index (κ3) is 6.36. The average molecular weight is 345 g/mol. The monoisotopic (exact) mass is 344 g/mol. The fourth-order valence-electron chi connectivity index (χ4n) is 2.89. The highest BCUT2D eigenvalue weighted by Gasteiger charge is 2.06. The highest BCUT2D eigenvalue weighted by Crippen LogP contribution is 2.06. The Balaban J connectivity index is 1.67. The first-order valence-electron chi connectivity index (χ1n) is 9.50. The normalized spacial score (nSPS) is 13.2. The van der Waals surface area contributed by atoms with Crippen molar-refractivity contribution in [3.8, 4) is 0 Å². The molecule has 0 spiro atoms. The van der Waals surface area contributed by atoms with Crippen molar-refractivity contribution in [2.75, 3.05) is 13.6 Å². The number of fused-ring (bicyclic) bond motifs is 1. The van der Waals surface area contributed by atoms with Crippen LogP contribution in [0.2, 0.25) is 0 Å². The number of nitrogens with one attached hydrogen (secondary N) is 2. The maximum Gasteiger partial charge on any atom is 0.191 e. The number of hydrogen-bond acceptors (Lipinski definition) is 3. The summed E-state index contributed by atoms with van der Waals surface area (Å²) < 4.78 is 2.05. The first kappa shape index (κ1) is 19.2. The lowest BCUT2D eigenvalue weighted by Crippen LogP contribution is -2.42. The Kier molecular flexibility index (Phi) is 8.22. The van der Waals surface area contributed by atoms with Crippen molar-refractivity contribution < 1.29 is 0 Å². The molecule has 2 aromatic heterocycles. The third-order valence-electron chi connectivity index (χ3n) is 4.35. The summed E-state index contributed by atoms with van der Waals surface area (Å²) in [6, 6.07) is 6.41. The molecule has 6 nitrogen and oxygen atoms in total. The standard InChI is InChI=1S/C19H32N6/c1-4-5-6-7-11-16(2)22-19(20-3)21-14-10-13-18-24-23-17-12-8-9-15-25(17)18/h8-9,12,15-16H,4-7,10-11,13-14H2,1-3H3,(H2,20,21,22). The molecule has 0 bridgehead atoms. The van der Waals surface area contributed by atoms with Crippen LogP contribution in [-0.4, -0.2) is 40.2 Å². The van der Waals surface area contributed by atoms with E-state index in [2.05, 4.69) is 39.7 Å². The van der Waals surface area contributed by atoms with Gasteiger partial charge in [0, 0.05) is 32.3 Å². The van der Waals surface area contributed by atoms with E-state index in [1.807, 2.05) is 35.8 Å². The van der Waals surface area contributed by atoms with Crippen molar-refractivity contribution in [3.63, 3.8) is 0 Å². The van der Waals surface area contributed by atoms with E-state index in [0.717, 1.165) is 36.8 Å². The topological polar surface area (TPSA) is 66.6 Å². The van der Waals surface area contributed by atoms with E-state index >= 15 is 0 Å². The fourth-order valence-corrected chi connectivity index (χ4v) is 2.89. The smallest absolute Gasteiger partial charge is 0.191 e. The lowest BCUT2D eigenvalue weighted by Gasteiger charge is -2.17. The molecule has 1 atom stereocenters. The van der Waals surface area contributed by atoms with Gasteiger partial charge in [-0.3, -0.25) is 9.39 Å². The van der Waals surface area contributed by atoms with E-state index in [9.17, 15) is 0 Å². The van der Waals surface area contributed by atoms with Gasteiger partial charge in [0.05, 0.1) is 0 Å². The van der Waals surface area contributed by atoms with Crippen molar-refractivity contribution >= 4 is 11.6 Å². The molecule has 2 heterocycles. The third-order valence-corrected chi connectivity index (χ3v) is 4.35. The second-order valence-corrected chi connectivity index (χ2v) is 6.54. The van der Waals surface area contributed by atoms with E-state index in [1.165, 1.54) is 32.1 Å². The predicted molar refractivity (Wildman–Crippen MR) is 104 cm³/mol. The largest absolute Gasteiger partial charge is 0.356 e. The summed E-state index contributed by atoms with van der Waals surface area (Å²) in [5.41, 5.74) is 0.903. The summed E-state index contributed by atoms with van der Waals surface area (Å²) in [6.07, 6.45) is 10.3. The van der Waals surface area contributed by atoms with Crippen LogP contribution in [0.3, 0.4) is 0 Å². The molecule has 2 N–H and O–H groups in total. The molecule has 0 saturated heterocycles. The van der Waals surface area contributed by atoms with E-state index in [1.54, 1.807) is 0 Å². The Hall–Kier alpha value is -2.11. The van der Waals surface area contributed by atoms with Crippen LogP contribution in [0.25, 0.3) is 5.65 Å². The van der Waals surface area contributed by atoms with E-state index in [0.29, 0.717) is 6.04 Å². The minimum absolute atomic E-state index is 0.448. The summed E-state index contributed by atoms with van der Waals surface area (Å²) in [6.45, 7) is 5.33. The van der Waals surface area contributed by atoms with Gasteiger partial charge in [0.1, 0.15) is 5.82 Å². The van der Waals surface area contributed by atoms with E-state index < -0.39 is 0 Å². The van der Waals surface area contributed by atoms with Crippen LogP contribution in [0.5, 0.6) is 0 Å². The van der Waals surface area contributed by atoms with Crippen molar-refractivity contribution in [2.45, 2.75) is 64.8 Å². The van der Waals surface area contributed by atoms with Gasteiger partial charge < -0.3 is 10.6 Å². The van der Waals surface area contributed by atoms with Crippen molar-refractivity contribution in [2.24, 2.45) is 4.99 Å². The predicted octanol–water partition coefficient (Wildman–Crippen LogP) is 3.19. The van der Waals surface area contributed by atoms with Crippen LogP contribution < -0.4 is 10.6 Å². The molecule has 1 unspecified atom stereocenters. The average Bonchev–Trinajstić information content (AvgIpc) is 3.04. The van der Waals surface area contributed by atoms with E-state index in [-0.39, 0.29) is 0 Å². The first-order valence-corrected chi connectivity index (χ1v) is 9.50. The van der Waals surface area contributed by atoms with Gasteiger partial charge >= 0.3 is 0 Å². The lowest BCUT2D eigenvalue weighted by molar-refractivity contribution is 0.536. The Morgan fingerprint density at radius 1 is 1.20 bits per heavy atom. The first-order chi connectivity index (χ1) is 12.2. The molecule has 0 radical (unpaired) electrons. The van der Waals surface area contributed by atoms with Gasteiger partial charge in [-0.1, -0.05) is 38.7 Å². The second-order valence-electron chi connectivity index (χ2n) is 6.54. The molecule has 0 aliphatic heterocycles. The van der Waals surface area contributed by atoms with Gasteiger partial charge in [0.2, 0.25) is 0 Å². The molecule has 0 fully saturated rings. The van der Waals surface area contributed by atoms with Gasteiger partial charge in [-0.05, 0) is 31.9 Å². The number of guanidine groups is 1. The number of nitrogens with zero attached hydrogens (tertiary/aromatic N) is 4. The highest BCUT2D eigenvalue weighted by atomic mass is 15.2. The van der Waals surface area contributed by atoms with Crippen LogP contribution in [0.1, 0.15) is 58.2 Å². The van der Waals surface area contributed by atoms with Gasteiger partial charge in [0.15, 0.2) is 11.6 Å². The number of aryl methyl sites for hydroxylation is 1. The highest BCUT2D eigenvalue weighted by molar-refractivity contribution is 5.79. The van der Waals surface area contributed by atoms with Crippen LogP contribution >= 0.6 is 0 Å². The maximum absolute atomic E-state index is 4.32. The summed E-state index contributed by atoms with van der Waals surface area (Å²) in [4.78, 5) is 4.32. The van der Waals surface area contributed by atoms with Gasteiger partial charge in [-0.2, -0.15) is 0 Å². The minimum atomic E-state index is 0.448. The van der Waals surface area contributed by atoms with Crippen LogP contribution in [0.15, 0.2) is 29.4 Å². The number of aromatic nitrogens is 3. The SMILES string of the molecule is CCCCCCC(C)NC(=NC)NCCCc1nnc2ccccn12. The number of aliphatic imine (C=N–C) groups is 1. The molecule has 6 heteroatoms. The summed E-state index contributed by atoms with van der Waals surface area (Å²) in [5, 5.41) is 15.3. The molecule has 0 aromatic carbocycles. The molecular formula is C19H32N6. The maximum atomic E-state index is 4.32. The molecule has 25 heavy (non-hydrogen) atoms. The van der Waals surface area contributed by atoms with Crippen molar-refractivity contribution in [3.05, 3.63) is 30.2 Å². The van der Waals surface area contributed by atoms with Gasteiger partial charge in [0.25, 0.3) is 0 Å². The Bertz CT molecular complexity index is 648. The zero-order valence-corrected chi connectivity index (χ0v) is 15.8. The second kappa shape index (κ2) is 10.7. The lowest BCUT2D eigenvalue weighted by atomic mass is 10.1. The molecule has 0 amide bonds. The quantitative estimate of drug-likeness (QED) is 0.395. The Morgan fingerprint density at radius 2 is 2.08 bits per heavy atom. The fraction of sp³-hybridized carbons (Fsp3) is 0.632. The van der Waals surface area contributed by atoms with Gasteiger partial charge in [-0.25, -0.2) is 0 Å². The number of rotatable bonds is 10. The molecule has 2 aromatic rings. The molecular weight excluding hydrogens is 312 g/mol. The van der Waals surface area contributed by atoms with Crippen molar-refractivity contribution in [1.29, 1.82) is 0 Å². The summed E-state index contributed by atoms with van der Waals surface area (Å²) in [5.74, 6) is 1.89. The zero-order valence-electron chi connectivity index (χ0n) is 15.8. The Morgan fingerprint density at radius 3 is 2.88 bits per heavy atom. The Labute approximate surface area is 151 Å². The minimum Gasteiger partial charge on any atom is -0.356 e. The van der Waals surface area contributed by atoms with Crippen LogP contribution in [0.4, 0.5) is 0 Å². The number of unbranched alkanes of at least 4 members (excludes halogenated alkanes) is 3. The van der Waals surface area contributed by atoms with Crippen LogP contribution in [-0.2, 0) is 6.42 Å². The van der Waals surface area contributed by atoms with Crippen molar-refractivity contribution in [1.82, 2.24) is 25.2 Å². The molecule has 0 saturated carbocycles.